The van der Waals surface area contributed by atoms with Crippen molar-refractivity contribution in [1.82, 2.24) is 9.36 Å². The Kier molecular flexibility index (Phi) is 4.45. The van der Waals surface area contributed by atoms with Crippen molar-refractivity contribution in [3.05, 3.63) is 11.1 Å². The Morgan fingerprint density at radius 2 is 2.10 bits per heavy atom. The average molecular weight is 323 g/mol. The van der Waals surface area contributed by atoms with E-state index in [4.69, 9.17) is 5.73 Å². The van der Waals surface area contributed by atoms with E-state index in [-0.39, 0.29) is 0 Å². The van der Waals surface area contributed by atoms with E-state index < -0.39 is 0 Å². The number of hydrogen-bond acceptors (Lipinski definition) is 6. The van der Waals surface area contributed by atoms with E-state index in [1.54, 1.807) is 11.3 Å². The third-order valence-electron chi connectivity index (χ3n) is 4.15. The zero-order valence-corrected chi connectivity index (χ0v) is 14.3. The fourth-order valence-electron chi connectivity index (χ4n) is 3.12. The number of nitrogen functional groups attached to an aromatic ring is 1. The van der Waals surface area contributed by atoms with Gasteiger partial charge >= 0.3 is 0 Å². The Labute approximate surface area is 134 Å². The molecule has 114 valence electrons. The normalized spacial score (nSPS) is 16.3. The Morgan fingerprint density at radius 3 is 2.71 bits per heavy atom. The summed E-state index contributed by atoms with van der Waals surface area (Å²) in [6.45, 7) is 5.25. The van der Waals surface area contributed by atoms with Gasteiger partial charge in [-0.3, -0.25) is 0 Å². The Hall–Kier alpha value is -1.14. The molecule has 0 atom stereocenters. The first kappa shape index (κ1) is 14.8. The Bertz CT molecular complexity index is 599. The maximum Gasteiger partial charge on any atom is 0.149 e. The average Bonchev–Trinajstić information content (AvgIpc) is 3.07. The van der Waals surface area contributed by atoms with Gasteiger partial charge in [0.05, 0.1) is 5.56 Å². The van der Waals surface area contributed by atoms with E-state index in [9.17, 15) is 0 Å². The van der Waals surface area contributed by atoms with Crippen LogP contribution >= 0.6 is 22.9 Å². The maximum absolute atomic E-state index is 6.14. The minimum Gasteiger partial charge on any atom is -0.382 e. The smallest absolute Gasteiger partial charge is 0.149 e. The molecular weight excluding hydrogens is 300 g/mol. The first-order valence-corrected chi connectivity index (χ1v) is 9.30. The SMILES string of the molecule is CCN(c1snc(N)c1-c1nc(C)cs1)C1CCCCC1. The van der Waals surface area contributed by atoms with Gasteiger partial charge in [-0.15, -0.1) is 11.3 Å². The fraction of sp³-hybridized carbons (Fsp3) is 0.600. The molecule has 1 fully saturated rings. The molecule has 0 radical (unpaired) electrons. The number of hydrogen-bond donors (Lipinski definition) is 1. The summed E-state index contributed by atoms with van der Waals surface area (Å²) in [5.41, 5.74) is 8.24. The van der Waals surface area contributed by atoms with E-state index in [1.165, 1.54) is 48.6 Å². The van der Waals surface area contributed by atoms with Crippen molar-refractivity contribution in [1.29, 1.82) is 0 Å². The predicted molar refractivity (Wildman–Crippen MR) is 92.3 cm³/mol. The lowest BCUT2D eigenvalue weighted by molar-refractivity contribution is 0.419. The molecule has 2 N–H and O–H groups in total. The molecule has 0 amide bonds. The highest BCUT2D eigenvalue weighted by Gasteiger charge is 2.26. The second-order valence-electron chi connectivity index (χ2n) is 5.62. The summed E-state index contributed by atoms with van der Waals surface area (Å²) < 4.78 is 4.41. The van der Waals surface area contributed by atoms with E-state index in [0.29, 0.717) is 11.9 Å². The number of anilines is 2. The molecule has 21 heavy (non-hydrogen) atoms. The minimum atomic E-state index is 0.624. The van der Waals surface area contributed by atoms with Crippen molar-refractivity contribution in [2.24, 2.45) is 0 Å². The predicted octanol–water partition coefficient (Wildman–Crippen LogP) is 4.32. The van der Waals surface area contributed by atoms with Gasteiger partial charge in [0.1, 0.15) is 15.8 Å². The summed E-state index contributed by atoms with van der Waals surface area (Å²) in [7, 11) is 0. The third kappa shape index (κ3) is 2.92. The van der Waals surface area contributed by atoms with Crippen LogP contribution in [0.15, 0.2) is 5.38 Å². The Morgan fingerprint density at radius 1 is 1.33 bits per heavy atom. The lowest BCUT2D eigenvalue weighted by atomic mass is 9.94. The number of aromatic nitrogens is 2. The zero-order valence-electron chi connectivity index (χ0n) is 12.6. The van der Waals surface area contributed by atoms with Crippen molar-refractivity contribution in [2.75, 3.05) is 17.2 Å². The highest BCUT2D eigenvalue weighted by molar-refractivity contribution is 7.15. The summed E-state index contributed by atoms with van der Waals surface area (Å²) in [6.07, 6.45) is 6.60. The van der Waals surface area contributed by atoms with Crippen LogP contribution in [0.4, 0.5) is 10.8 Å². The van der Waals surface area contributed by atoms with Crippen LogP contribution in [0.1, 0.15) is 44.7 Å². The van der Waals surface area contributed by atoms with E-state index in [1.807, 2.05) is 6.92 Å². The molecule has 0 aliphatic heterocycles. The van der Waals surface area contributed by atoms with Crippen LogP contribution in [-0.2, 0) is 0 Å². The van der Waals surface area contributed by atoms with Gasteiger partial charge in [-0.2, -0.15) is 4.37 Å². The molecule has 2 aromatic rings. The standard InChI is InChI=1S/C15H22N4S2/c1-3-19(11-7-5-4-6-8-11)15-12(13(16)18-21-15)14-17-10(2)9-20-14/h9,11H,3-8H2,1-2H3,(H2,16,18). The van der Waals surface area contributed by atoms with Crippen LogP contribution in [0, 0.1) is 6.92 Å². The molecule has 0 unspecified atom stereocenters. The van der Waals surface area contributed by atoms with Gasteiger partial charge in [0, 0.05) is 23.7 Å². The lowest BCUT2D eigenvalue weighted by Gasteiger charge is -2.34. The van der Waals surface area contributed by atoms with Crippen molar-refractivity contribution >= 4 is 33.7 Å². The molecule has 2 heterocycles. The molecule has 1 aliphatic carbocycles. The molecule has 0 aromatic carbocycles. The summed E-state index contributed by atoms with van der Waals surface area (Å²) in [5, 5.41) is 4.28. The third-order valence-corrected chi connectivity index (χ3v) is 6.03. The lowest BCUT2D eigenvalue weighted by Crippen LogP contribution is -2.36. The molecule has 0 spiro atoms. The van der Waals surface area contributed by atoms with Crippen molar-refractivity contribution in [3.8, 4) is 10.6 Å². The molecule has 1 aliphatic rings. The van der Waals surface area contributed by atoms with Gasteiger partial charge in [-0.05, 0) is 38.2 Å². The van der Waals surface area contributed by atoms with Crippen molar-refractivity contribution < 1.29 is 0 Å². The molecule has 0 saturated heterocycles. The van der Waals surface area contributed by atoms with Gasteiger partial charge in [-0.1, -0.05) is 19.3 Å². The van der Waals surface area contributed by atoms with Crippen LogP contribution < -0.4 is 10.6 Å². The Balaban J connectivity index is 1.97. The number of aryl methyl sites for hydroxylation is 1. The van der Waals surface area contributed by atoms with Gasteiger partial charge < -0.3 is 10.6 Å². The zero-order chi connectivity index (χ0) is 14.8. The van der Waals surface area contributed by atoms with Crippen LogP contribution in [-0.4, -0.2) is 21.9 Å². The van der Waals surface area contributed by atoms with Gasteiger partial charge in [0.25, 0.3) is 0 Å². The van der Waals surface area contributed by atoms with Gasteiger partial charge in [-0.25, -0.2) is 4.98 Å². The van der Waals surface area contributed by atoms with E-state index in [0.717, 1.165) is 22.8 Å². The van der Waals surface area contributed by atoms with E-state index >= 15 is 0 Å². The molecule has 3 rings (SSSR count). The first-order valence-electron chi connectivity index (χ1n) is 7.65. The number of thiazole rings is 1. The quantitative estimate of drug-likeness (QED) is 0.911. The molecule has 0 bridgehead atoms. The molecule has 6 heteroatoms. The monoisotopic (exact) mass is 322 g/mol. The van der Waals surface area contributed by atoms with Crippen LogP contribution in [0.5, 0.6) is 0 Å². The number of nitrogens with zero attached hydrogens (tertiary/aromatic N) is 3. The number of rotatable bonds is 4. The molecule has 1 saturated carbocycles. The van der Waals surface area contributed by atoms with Gasteiger partial charge in [0.2, 0.25) is 0 Å². The highest BCUT2D eigenvalue weighted by atomic mass is 32.1. The topological polar surface area (TPSA) is 55.0 Å². The van der Waals surface area contributed by atoms with Crippen molar-refractivity contribution in [2.45, 2.75) is 52.0 Å². The summed E-state index contributed by atoms with van der Waals surface area (Å²) in [4.78, 5) is 7.11. The fourth-order valence-corrected chi connectivity index (χ4v) is 4.99. The van der Waals surface area contributed by atoms with Crippen LogP contribution in [0.2, 0.25) is 0 Å². The molecular formula is C15H22N4S2. The van der Waals surface area contributed by atoms with Gasteiger partial charge in [0.15, 0.2) is 0 Å². The number of nitrogens with two attached hydrogens (primary N) is 1. The summed E-state index contributed by atoms with van der Waals surface area (Å²) in [5.74, 6) is 0.624. The maximum atomic E-state index is 6.14. The van der Waals surface area contributed by atoms with Crippen LogP contribution in [0.3, 0.4) is 0 Å². The first-order chi connectivity index (χ1) is 10.2. The summed E-state index contributed by atoms with van der Waals surface area (Å²) >= 11 is 3.18. The molecule has 2 aromatic heterocycles. The largest absolute Gasteiger partial charge is 0.382 e. The minimum absolute atomic E-state index is 0.624. The van der Waals surface area contributed by atoms with Crippen LogP contribution in [0.25, 0.3) is 10.6 Å². The second-order valence-corrected chi connectivity index (χ2v) is 7.23. The highest BCUT2D eigenvalue weighted by Crippen LogP contribution is 2.42. The van der Waals surface area contributed by atoms with Crippen molar-refractivity contribution in [3.63, 3.8) is 0 Å². The summed E-state index contributed by atoms with van der Waals surface area (Å²) in [6, 6.07) is 0.628. The molecule has 4 nitrogen and oxygen atoms in total. The second kappa shape index (κ2) is 6.32. The van der Waals surface area contributed by atoms with E-state index in [2.05, 4.69) is 26.6 Å².